The van der Waals surface area contributed by atoms with Crippen molar-refractivity contribution in [3.63, 3.8) is 0 Å². The Bertz CT molecular complexity index is 564. The second-order valence-electron chi connectivity index (χ2n) is 4.45. The van der Waals surface area contributed by atoms with Gasteiger partial charge in [-0.15, -0.1) is 5.10 Å². The standard InChI is InChI=1S/C11H15N5O/c1-7-10(12)14-16-5-3-9(13-11(7)16)15-4-2-8(17)6-15/h3,5,8,17H,2,4,6H2,1H3,(H2,12,14). The minimum atomic E-state index is -0.246. The van der Waals surface area contributed by atoms with Crippen molar-refractivity contribution in [1.82, 2.24) is 14.6 Å². The molecule has 0 amide bonds. The average Bonchev–Trinajstić information content (AvgIpc) is 2.85. The van der Waals surface area contributed by atoms with Gasteiger partial charge in [0.05, 0.1) is 6.10 Å². The van der Waals surface area contributed by atoms with Crippen molar-refractivity contribution in [3.8, 4) is 0 Å². The number of hydrogen-bond acceptors (Lipinski definition) is 5. The zero-order chi connectivity index (χ0) is 12.0. The van der Waals surface area contributed by atoms with Crippen molar-refractivity contribution < 1.29 is 5.11 Å². The minimum absolute atomic E-state index is 0.246. The van der Waals surface area contributed by atoms with E-state index in [0.29, 0.717) is 12.4 Å². The third kappa shape index (κ3) is 1.61. The number of fused-ring (bicyclic) bond motifs is 1. The van der Waals surface area contributed by atoms with E-state index in [0.717, 1.165) is 30.0 Å². The van der Waals surface area contributed by atoms with Gasteiger partial charge in [-0.3, -0.25) is 0 Å². The highest BCUT2D eigenvalue weighted by atomic mass is 16.3. The summed E-state index contributed by atoms with van der Waals surface area (Å²) < 4.78 is 1.68. The first-order chi connectivity index (χ1) is 8.15. The number of nitrogens with two attached hydrogens (primary N) is 1. The lowest BCUT2D eigenvalue weighted by molar-refractivity contribution is 0.198. The molecule has 0 saturated carbocycles. The fraction of sp³-hybridized carbons (Fsp3) is 0.455. The number of rotatable bonds is 1. The number of hydrogen-bond donors (Lipinski definition) is 2. The predicted octanol–water partition coefficient (Wildman–Crippen LogP) is 0.191. The molecule has 2 aromatic rings. The van der Waals surface area contributed by atoms with E-state index in [-0.39, 0.29) is 6.10 Å². The van der Waals surface area contributed by atoms with Gasteiger partial charge in [-0.1, -0.05) is 0 Å². The van der Waals surface area contributed by atoms with Crippen LogP contribution in [0.5, 0.6) is 0 Å². The SMILES string of the molecule is Cc1c(N)nn2ccc(N3CCC(O)C3)nc12. The van der Waals surface area contributed by atoms with E-state index >= 15 is 0 Å². The molecule has 0 spiro atoms. The van der Waals surface area contributed by atoms with Crippen molar-refractivity contribution in [1.29, 1.82) is 0 Å². The maximum absolute atomic E-state index is 9.53. The van der Waals surface area contributed by atoms with Gasteiger partial charge in [0.2, 0.25) is 0 Å². The summed E-state index contributed by atoms with van der Waals surface area (Å²) in [6.07, 6.45) is 2.41. The molecule has 1 aliphatic rings. The van der Waals surface area contributed by atoms with Crippen LogP contribution in [0, 0.1) is 6.92 Å². The van der Waals surface area contributed by atoms with Crippen LogP contribution >= 0.6 is 0 Å². The predicted molar refractivity (Wildman–Crippen MR) is 65.0 cm³/mol. The summed E-state index contributed by atoms with van der Waals surface area (Å²) in [4.78, 5) is 6.62. The highest BCUT2D eigenvalue weighted by Gasteiger charge is 2.21. The van der Waals surface area contributed by atoms with Crippen LogP contribution in [0.4, 0.5) is 11.6 Å². The van der Waals surface area contributed by atoms with Crippen LogP contribution in [0.2, 0.25) is 0 Å². The molecule has 2 aromatic heterocycles. The fourth-order valence-electron chi connectivity index (χ4n) is 2.17. The lowest BCUT2D eigenvalue weighted by atomic mass is 10.3. The Balaban J connectivity index is 2.04. The summed E-state index contributed by atoms with van der Waals surface area (Å²) in [7, 11) is 0. The maximum Gasteiger partial charge on any atom is 0.162 e. The molecule has 6 nitrogen and oxygen atoms in total. The summed E-state index contributed by atoms with van der Waals surface area (Å²) in [5.74, 6) is 1.38. The van der Waals surface area contributed by atoms with Gasteiger partial charge in [0, 0.05) is 24.8 Å². The Morgan fingerprint density at radius 2 is 2.35 bits per heavy atom. The molecule has 0 aliphatic carbocycles. The summed E-state index contributed by atoms with van der Waals surface area (Å²) in [5, 5.41) is 13.7. The average molecular weight is 233 g/mol. The maximum atomic E-state index is 9.53. The number of anilines is 2. The van der Waals surface area contributed by atoms with Gasteiger partial charge in [-0.05, 0) is 19.4 Å². The van der Waals surface area contributed by atoms with Gasteiger partial charge in [0.1, 0.15) is 5.82 Å². The summed E-state index contributed by atoms with van der Waals surface area (Å²) >= 11 is 0. The second-order valence-corrected chi connectivity index (χ2v) is 4.45. The fourth-order valence-corrected chi connectivity index (χ4v) is 2.17. The Morgan fingerprint density at radius 3 is 3.06 bits per heavy atom. The van der Waals surface area contributed by atoms with Crippen LogP contribution in [0.3, 0.4) is 0 Å². The van der Waals surface area contributed by atoms with Crippen molar-refractivity contribution in [2.24, 2.45) is 0 Å². The van der Waals surface area contributed by atoms with Crippen LogP contribution in [0.25, 0.3) is 5.65 Å². The molecule has 0 aromatic carbocycles. The van der Waals surface area contributed by atoms with Gasteiger partial charge in [-0.25, -0.2) is 9.50 Å². The van der Waals surface area contributed by atoms with Gasteiger partial charge < -0.3 is 15.7 Å². The monoisotopic (exact) mass is 233 g/mol. The Kier molecular flexibility index (Phi) is 2.19. The Hall–Kier alpha value is -1.82. The van der Waals surface area contributed by atoms with Crippen LogP contribution in [-0.4, -0.2) is 38.9 Å². The van der Waals surface area contributed by atoms with E-state index in [1.54, 1.807) is 4.52 Å². The van der Waals surface area contributed by atoms with Crippen molar-refractivity contribution >= 4 is 17.3 Å². The van der Waals surface area contributed by atoms with E-state index in [9.17, 15) is 5.11 Å². The van der Waals surface area contributed by atoms with E-state index < -0.39 is 0 Å². The first kappa shape index (κ1) is 10.3. The number of nitrogen functional groups attached to an aromatic ring is 1. The molecule has 90 valence electrons. The molecule has 3 rings (SSSR count). The van der Waals surface area contributed by atoms with E-state index in [1.165, 1.54) is 0 Å². The second kappa shape index (κ2) is 3.59. The first-order valence-corrected chi connectivity index (χ1v) is 5.69. The molecule has 6 heteroatoms. The van der Waals surface area contributed by atoms with Crippen LogP contribution in [-0.2, 0) is 0 Å². The normalized spacial score (nSPS) is 20.4. The lowest BCUT2D eigenvalue weighted by Crippen LogP contribution is -2.22. The number of aromatic nitrogens is 3. The smallest absolute Gasteiger partial charge is 0.162 e. The highest BCUT2D eigenvalue weighted by molar-refractivity contribution is 5.60. The number of nitrogens with zero attached hydrogens (tertiary/aromatic N) is 4. The van der Waals surface area contributed by atoms with E-state index in [2.05, 4.69) is 15.0 Å². The summed E-state index contributed by atoms with van der Waals surface area (Å²) in [5.41, 5.74) is 7.43. The zero-order valence-corrected chi connectivity index (χ0v) is 9.67. The number of aliphatic hydroxyl groups excluding tert-OH is 1. The zero-order valence-electron chi connectivity index (χ0n) is 9.67. The quantitative estimate of drug-likeness (QED) is 0.735. The van der Waals surface area contributed by atoms with E-state index in [4.69, 9.17) is 5.73 Å². The molecule has 1 unspecified atom stereocenters. The number of aliphatic hydroxyl groups is 1. The Labute approximate surface area is 98.7 Å². The molecule has 1 saturated heterocycles. The molecular formula is C11H15N5O. The van der Waals surface area contributed by atoms with Crippen LogP contribution < -0.4 is 10.6 Å². The highest BCUT2D eigenvalue weighted by Crippen LogP contribution is 2.21. The topological polar surface area (TPSA) is 79.7 Å². The largest absolute Gasteiger partial charge is 0.391 e. The molecule has 17 heavy (non-hydrogen) atoms. The van der Waals surface area contributed by atoms with Crippen molar-refractivity contribution in [2.75, 3.05) is 23.7 Å². The third-order valence-corrected chi connectivity index (χ3v) is 3.22. The van der Waals surface area contributed by atoms with Gasteiger partial charge in [0.25, 0.3) is 0 Å². The molecule has 3 heterocycles. The number of β-amino-alcohol motifs (C(OH)–C–C–N with tert-alkyl or cyclic N) is 1. The molecule has 0 bridgehead atoms. The van der Waals surface area contributed by atoms with Gasteiger partial charge >= 0.3 is 0 Å². The minimum Gasteiger partial charge on any atom is -0.391 e. The molecule has 1 fully saturated rings. The summed E-state index contributed by atoms with van der Waals surface area (Å²) in [6.45, 7) is 3.39. The van der Waals surface area contributed by atoms with Crippen LogP contribution in [0.15, 0.2) is 12.3 Å². The number of aryl methyl sites for hydroxylation is 1. The van der Waals surface area contributed by atoms with Crippen molar-refractivity contribution in [2.45, 2.75) is 19.4 Å². The van der Waals surface area contributed by atoms with E-state index in [1.807, 2.05) is 19.2 Å². The Morgan fingerprint density at radius 1 is 1.53 bits per heavy atom. The third-order valence-electron chi connectivity index (χ3n) is 3.22. The summed E-state index contributed by atoms with van der Waals surface area (Å²) in [6, 6.07) is 1.90. The lowest BCUT2D eigenvalue weighted by Gasteiger charge is -2.16. The van der Waals surface area contributed by atoms with Gasteiger partial charge in [-0.2, -0.15) is 0 Å². The first-order valence-electron chi connectivity index (χ1n) is 5.69. The van der Waals surface area contributed by atoms with Crippen molar-refractivity contribution in [3.05, 3.63) is 17.8 Å². The molecular weight excluding hydrogens is 218 g/mol. The molecule has 1 atom stereocenters. The molecule has 3 N–H and O–H groups in total. The van der Waals surface area contributed by atoms with Gasteiger partial charge in [0.15, 0.2) is 11.5 Å². The molecule has 1 aliphatic heterocycles. The van der Waals surface area contributed by atoms with Crippen LogP contribution in [0.1, 0.15) is 12.0 Å². The molecule has 0 radical (unpaired) electrons.